The molecule has 4 aromatic rings. The third-order valence-corrected chi connectivity index (χ3v) is 8.15. The molecular formula is C33H32Cl2N2O3. The lowest BCUT2D eigenvalue weighted by Crippen LogP contribution is -2.53. The molecule has 0 radical (unpaired) electrons. The average Bonchev–Trinajstić information content (AvgIpc) is 3.49. The van der Waals surface area contributed by atoms with Crippen molar-refractivity contribution in [1.29, 1.82) is 0 Å². The first-order valence-corrected chi connectivity index (χ1v) is 14.4. The number of amides is 2. The van der Waals surface area contributed by atoms with Gasteiger partial charge in [0.15, 0.2) is 6.61 Å². The molecule has 0 bridgehead atoms. The lowest BCUT2D eigenvalue weighted by atomic mass is 10.0. The van der Waals surface area contributed by atoms with Crippen LogP contribution in [0.2, 0.25) is 10.0 Å². The van der Waals surface area contributed by atoms with E-state index >= 15 is 0 Å². The van der Waals surface area contributed by atoms with Gasteiger partial charge in [-0.05, 0) is 47.6 Å². The predicted molar refractivity (Wildman–Crippen MR) is 161 cm³/mol. The molecule has 1 atom stereocenters. The summed E-state index contributed by atoms with van der Waals surface area (Å²) < 4.78 is 6.09. The van der Waals surface area contributed by atoms with E-state index in [-0.39, 0.29) is 31.0 Å². The minimum Gasteiger partial charge on any atom is -0.483 e. The Bertz CT molecular complexity index is 1470. The first-order valence-electron chi connectivity index (χ1n) is 13.7. The third-order valence-electron chi connectivity index (χ3n) is 7.41. The number of hydrogen-bond acceptors (Lipinski definition) is 3. The van der Waals surface area contributed by atoms with E-state index in [1.807, 2.05) is 78.9 Å². The van der Waals surface area contributed by atoms with Crippen molar-refractivity contribution in [2.75, 3.05) is 6.61 Å². The molecule has 2 amide bonds. The van der Waals surface area contributed by atoms with Crippen molar-refractivity contribution in [3.63, 3.8) is 0 Å². The van der Waals surface area contributed by atoms with E-state index in [9.17, 15) is 9.59 Å². The molecule has 206 valence electrons. The molecule has 40 heavy (non-hydrogen) atoms. The van der Waals surface area contributed by atoms with Crippen LogP contribution in [0.5, 0.6) is 5.75 Å². The van der Waals surface area contributed by atoms with Crippen LogP contribution >= 0.6 is 23.2 Å². The van der Waals surface area contributed by atoms with Crippen LogP contribution in [0.4, 0.5) is 0 Å². The maximum atomic E-state index is 13.9. The van der Waals surface area contributed by atoms with Crippen LogP contribution in [-0.2, 0) is 22.6 Å². The molecule has 1 N–H and O–H groups in total. The summed E-state index contributed by atoms with van der Waals surface area (Å²) in [5, 5.41) is 6.00. The molecule has 4 aromatic carbocycles. The monoisotopic (exact) mass is 574 g/mol. The Morgan fingerprint density at radius 2 is 1.57 bits per heavy atom. The second-order valence-electron chi connectivity index (χ2n) is 10.2. The molecule has 0 saturated heterocycles. The Labute approximate surface area is 245 Å². The maximum Gasteiger partial charge on any atom is 0.261 e. The summed E-state index contributed by atoms with van der Waals surface area (Å²) in [6, 6.07) is 28.1. The number of fused-ring (bicyclic) bond motifs is 1. The predicted octanol–water partition coefficient (Wildman–Crippen LogP) is 7.22. The lowest BCUT2D eigenvalue weighted by molar-refractivity contribution is -0.143. The van der Waals surface area contributed by atoms with Gasteiger partial charge in [-0.3, -0.25) is 9.59 Å². The summed E-state index contributed by atoms with van der Waals surface area (Å²) in [5.74, 6) is 0.173. The van der Waals surface area contributed by atoms with E-state index in [0.29, 0.717) is 22.2 Å². The van der Waals surface area contributed by atoms with Crippen LogP contribution in [0.1, 0.15) is 36.8 Å². The maximum absolute atomic E-state index is 13.9. The first-order chi connectivity index (χ1) is 19.5. The fourth-order valence-electron chi connectivity index (χ4n) is 5.30. The first kappa shape index (κ1) is 28.0. The van der Waals surface area contributed by atoms with Gasteiger partial charge in [0.1, 0.15) is 11.8 Å². The minimum absolute atomic E-state index is 0.125. The molecule has 1 saturated carbocycles. The summed E-state index contributed by atoms with van der Waals surface area (Å²) in [7, 11) is 0. The number of hydrogen-bond donors (Lipinski definition) is 1. The van der Waals surface area contributed by atoms with Gasteiger partial charge in [-0.2, -0.15) is 0 Å². The van der Waals surface area contributed by atoms with Crippen molar-refractivity contribution in [2.24, 2.45) is 0 Å². The van der Waals surface area contributed by atoms with E-state index in [0.717, 1.165) is 47.6 Å². The summed E-state index contributed by atoms with van der Waals surface area (Å²) in [6.45, 7) is -0.0263. The smallest absolute Gasteiger partial charge is 0.261 e. The molecule has 0 spiro atoms. The zero-order chi connectivity index (χ0) is 27.9. The summed E-state index contributed by atoms with van der Waals surface area (Å²) >= 11 is 12.5. The standard InChI is InChI=1S/C33H32Cl2N2O3/c34-28-18-17-24(19-29(28)35)21-37(32(38)22-40-31-16-8-12-25-11-4-7-15-27(25)31)30(20-23-9-2-1-3-10-23)33(39)36-26-13-5-6-14-26/h1-4,7-12,15-19,26,30H,5-6,13-14,20-22H2,(H,36,39)/t30-/m1/s1. The molecule has 5 nitrogen and oxygen atoms in total. The van der Waals surface area contributed by atoms with Gasteiger partial charge in [0.2, 0.25) is 5.91 Å². The molecule has 7 heteroatoms. The minimum atomic E-state index is -0.735. The Balaban J connectivity index is 1.45. The van der Waals surface area contributed by atoms with Crippen molar-refractivity contribution in [2.45, 2.75) is 50.7 Å². The van der Waals surface area contributed by atoms with E-state index in [1.165, 1.54) is 0 Å². The fraction of sp³-hybridized carbons (Fsp3) is 0.273. The molecule has 0 aromatic heterocycles. The number of carbonyl (C=O) groups excluding carboxylic acids is 2. The summed E-state index contributed by atoms with van der Waals surface area (Å²) in [4.78, 5) is 29.4. The molecule has 1 aliphatic carbocycles. The number of rotatable bonds is 10. The Hall–Kier alpha value is -3.54. The molecule has 0 unspecified atom stereocenters. The highest BCUT2D eigenvalue weighted by Crippen LogP contribution is 2.27. The molecular weight excluding hydrogens is 543 g/mol. The van der Waals surface area contributed by atoms with Gasteiger partial charge in [-0.15, -0.1) is 0 Å². The quantitative estimate of drug-likeness (QED) is 0.217. The van der Waals surface area contributed by atoms with Crippen LogP contribution in [0.25, 0.3) is 10.8 Å². The van der Waals surface area contributed by atoms with Crippen molar-refractivity contribution in [1.82, 2.24) is 10.2 Å². The van der Waals surface area contributed by atoms with Crippen molar-refractivity contribution in [3.05, 3.63) is 112 Å². The zero-order valence-corrected chi connectivity index (χ0v) is 23.7. The highest BCUT2D eigenvalue weighted by molar-refractivity contribution is 6.42. The highest BCUT2D eigenvalue weighted by atomic mass is 35.5. The Morgan fingerprint density at radius 1 is 0.850 bits per heavy atom. The zero-order valence-electron chi connectivity index (χ0n) is 22.2. The van der Waals surface area contributed by atoms with Gasteiger partial charge in [-0.1, -0.05) is 109 Å². The molecule has 0 heterocycles. The number of nitrogens with one attached hydrogen (secondary N) is 1. The van der Waals surface area contributed by atoms with Gasteiger partial charge in [0.05, 0.1) is 10.0 Å². The number of nitrogens with zero attached hydrogens (tertiary/aromatic N) is 1. The van der Waals surface area contributed by atoms with Crippen molar-refractivity contribution < 1.29 is 14.3 Å². The number of halogens is 2. The number of benzene rings is 4. The van der Waals surface area contributed by atoms with Gasteiger partial charge < -0.3 is 15.0 Å². The third kappa shape index (κ3) is 6.96. The van der Waals surface area contributed by atoms with Crippen molar-refractivity contribution in [3.8, 4) is 5.75 Å². The second-order valence-corrected chi connectivity index (χ2v) is 11.0. The molecule has 1 fully saturated rings. The number of ether oxygens (including phenoxy) is 1. The van der Waals surface area contributed by atoms with Gasteiger partial charge >= 0.3 is 0 Å². The van der Waals surface area contributed by atoms with E-state index in [4.69, 9.17) is 27.9 Å². The van der Waals surface area contributed by atoms with Crippen LogP contribution < -0.4 is 10.1 Å². The summed E-state index contributed by atoms with van der Waals surface area (Å²) in [6.07, 6.45) is 4.47. The molecule has 1 aliphatic rings. The topological polar surface area (TPSA) is 58.6 Å². The van der Waals surface area contributed by atoms with Crippen LogP contribution in [0.3, 0.4) is 0 Å². The van der Waals surface area contributed by atoms with E-state index < -0.39 is 6.04 Å². The molecule has 5 rings (SSSR count). The molecule has 0 aliphatic heterocycles. The second kappa shape index (κ2) is 13.2. The van der Waals surface area contributed by atoms with Crippen LogP contribution in [-0.4, -0.2) is 35.4 Å². The average molecular weight is 576 g/mol. The highest BCUT2D eigenvalue weighted by Gasteiger charge is 2.32. The van der Waals surface area contributed by atoms with Gasteiger partial charge in [0.25, 0.3) is 5.91 Å². The number of carbonyl (C=O) groups is 2. The Kier molecular flexibility index (Phi) is 9.25. The normalized spacial score (nSPS) is 14.2. The fourth-order valence-corrected chi connectivity index (χ4v) is 5.62. The SMILES string of the molecule is O=C(NC1CCCC1)[C@@H](Cc1ccccc1)N(Cc1ccc(Cl)c(Cl)c1)C(=O)COc1cccc2ccccc12. The van der Waals surface area contributed by atoms with E-state index in [1.54, 1.807) is 17.0 Å². The van der Waals surface area contributed by atoms with Crippen molar-refractivity contribution >= 4 is 45.8 Å². The largest absolute Gasteiger partial charge is 0.483 e. The van der Waals surface area contributed by atoms with Crippen LogP contribution in [0.15, 0.2) is 91.0 Å². The van der Waals surface area contributed by atoms with Gasteiger partial charge in [-0.25, -0.2) is 0 Å². The van der Waals surface area contributed by atoms with E-state index in [2.05, 4.69) is 5.32 Å². The lowest BCUT2D eigenvalue weighted by Gasteiger charge is -2.32. The summed E-state index contributed by atoms with van der Waals surface area (Å²) in [5.41, 5.74) is 1.75. The Morgan fingerprint density at radius 3 is 2.35 bits per heavy atom. The van der Waals surface area contributed by atoms with Gasteiger partial charge in [0, 0.05) is 24.4 Å². The van der Waals surface area contributed by atoms with Crippen LogP contribution in [0, 0.1) is 0 Å².